The first-order valence-corrected chi connectivity index (χ1v) is 11.2. The number of aryl methyl sites for hydroxylation is 2. The molecule has 1 rings (SSSR count). The molecule has 0 bridgehead atoms. The van der Waals surface area contributed by atoms with Crippen molar-refractivity contribution in [1.82, 2.24) is 20.2 Å². The lowest BCUT2D eigenvalue weighted by Crippen LogP contribution is -2.45. The normalized spacial score (nSPS) is 12.0. The smallest absolute Gasteiger partial charge is 0.374 e. The van der Waals surface area contributed by atoms with Gasteiger partial charge in [-0.15, -0.1) is 5.10 Å². The van der Waals surface area contributed by atoms with E-state index in [-0.39, 0.29) is 0 Å². The van der Waals surface area contributed by atoms with Gasteiger partial charge in [0.05, 0.1) is 0 Å². The lowest BCUT2D eigenvalue weighted by molar-refractivity contribution is 0.0706. The predicted octanol–water partition coefficient (Wildman–Crippen LogP) is 3.37. The second kappa shape index (κ2) is 12.5. The summed E-state index contributed by atoms with van der Waals surface area (Å²) in [7, 11) is -2.44. The van der Waals surface area contributed by atoms with Crippen LogP contribution in [0.1, 0.15) is 65.1 Å². The van der Waals surface area contributed by atoms with Gasteiger partial charge in [-0.25, -0.2) is 4.68 Å². The van der Waals surface area contributed by atoms with Gasteiger partial charge in [-0.3, -0.25) is 0 Å². The van der Waals surface area contributed by atoms with Crippen molar-refractivity contribution < 1.29 is 13.3 Å². The summed E-state index contributed by atoms with van der Waals surface area (Å²) in [6, 6.07) is 0.923. The predicted molar refractivity (Wildman–Crippen MR) is 95.7 cm³/mol. The number of rotatable bonds is 15. The lowest BCUT2D eigenvalue weighted by Gasteiger charge is -2.28. The summed E-state index contributed by atoms with van der Waals surface area (Å²) in [4.78, 5) is 0. The Hall–Kier alpha value is -0.833. The zero-order chi connectivity index (χ0) is 17.7. The van der Waals surface area contributed by atoms with Crippen molar-refractivity contribution in [2.75, 3.05) is 19.8 Å². The van der Waals surface area contributed by atoms with Gasteiger partial charge in [0.1, 0.15) is 5.82 Å². The van der Waals surface area contributed by atoms with Gasteiger partial charge >= 0.3 is 8.80 Å². The zero-order valence-electron chi connectivity index (χ0n) is 15.8. The summed E-state index contributed by atoms with van der Waals surface area (Å²) in [6.45, 7) is 10.8. The highest BCUT2D eigenvalue weighted by Crippen LogP contribution is 2.20. The molecule has 0 amide bonds. The summed E-state index contributed by atoms with van der Waals surface area (Å²) in [5.74, 6) is 0.888. The minimum atomic E-state index is -2.44. The molecule has 0 spiro atoms. The molecule has 0 unspecified atom stereocenters. The van der Waals surface area contributed by atoms with E-state index in [0.29, 0.717) is 19.8 Å². The van der Waals surface area contributed by atoms with E-state index in [0.717, 1.165) is 31.3 Å². The Bertz CT molecular complexity index is 414. The highest BCUT2D eigenvalue weighted by Gasteiger charge is 2.39. The van der Waals surface area contributed by atoms with Gasteiger partial charge in [0.25, 0.3) is 0 Å². The standard InChI is InChI=1S/C16H34N4O3Si/c1-5-21-24(22-6-2,23-7-3)15-13-11-9-8-10-12-14-20-16(4)17-18-19-20/h5-15H2,1-4H3. The van der Waals surface area contributed by atoms with E-state index in [1.807, 2.05) is 32.4 Å². The third-order valence-electron chi connectivity index (χ3n) is 3.91. The molecule has 1 heterocycles. The van der Waals surface area contributed by atoms with Crippen molar-refractivity contribution in [3.8, 4) is 0 Å². The molecule has 0 aromatic carbocycles. The van der Waals surface area contributed by atoms with Crippen LogP contribution in [0.3, 0.4) is 0 Å². The number of hydrogen-bond donors (Lipinski definition) is 0. The van der Waals surface area contributed by atoms with E-state index < -0.39 is 8.80 Å². The fourth-order valence-electron chi connectivity index (χ4n) is 2.77. The Balaban J connectivity index is 2.13. The first-order chi connectivity index (χ1) is 11.7. The molecule has 0 aliphatic carbocycles. The van der Waals surface area contributed by atoms with E-state index in [2.05, 4.69) is 15.5 Å². The number of hydrogen-bond acceptors (Lipinski definition) is 6. The molecular weight excluding hydrogens is 324 g/mol. The molecule has 1 aromatic heterocycles. The van der Waals surface area contributed by atoms with E-state index >= 15 is 0 Å². The van der Waals surface area contributed by atoms with Gasteiger partial charge in [0.2, 0.25) is 0 Å². The van der Waals surface area contributed by atoms with Crippen LogP contribution in [-0.2, 0) is 19.8 Å². The van der Waals surface area contributed by atoms with Gasteiger partial charge in [-0.2, -0.15) is 0 Å². The third-order valence-corrected chi connectivity index (χ3v) is 7.06. The fourth-order valence-corrected chi connectivity index (χ4v) is 5.45. The van der Waals surface area contributed by atoms with E-state index in [4.69, 9.17) is 13.3 Å². The highest BCUT2D eigenvalue weighted by molar-refractivity contribution is 6.60. The Morgan fingerprint density at radius 2 is 1.38 bits per heavy atom. The maximum absolute atomic E-state index is 5.88. The molecule has 140 valence electrons. The molecule has 7 nitrogen and oxygen atoms in total. The van der Waals surface area contributed by atoms with Crippen LogP contribution < -0.4 is 0 Å². The van der Waals surface area contributed by atoms with Crippen molar-refractivity contribution in [3.05, 3.63) is 5.82 Å². The van der Waals surface area contributed by atoms with Crippen LogP contribution in [0.5, 0.6) is 0 Å². The summed E-state index contributed by atoms with van der Waals surface area (Å²) in [5, 5.41) is 11.5. The SMILES string of the molecule is CCO[Si](CCCCCCCCn1nnnc1C)(OCC)OCC. The van der Waals surface area contributed by atoms with Crippen LogP contribution in [0.4, 0.5) is 0 Å². The van der Waals surface area contributed by atoms with Crippen molar-refractivity contribution in [3.63, 3.8) is 0 Å². The van der Waals surface area contributed by atoms with Crippen molar-refractivity contribution in [1.29, 1.82) is 0 Å². The van der Waals surface area contributed by atoms with Crippen molar-refractivity contribution in [2.45, 2.75) is 78.8 Å². The molecule has 8 heteroatoms. The average Bonchev–Trinajstić information content (AvgIpc) is 2.96. The van der Waals surface area contributed by atoms with Crippen LogP contribution in [-0.4, -0.2) is 48.8 Å². The van der Waals surface area contributed by atoms with E-state index in [1.165, 1.54) is 25.7 Å². The van der Waals surface area contributed by atoms with Gasteiger partial charge in [-0.05, 0) is 51.0 Å². The van der Waals surface area contributed by atoms with Crippen molar-refractivity contribution in [2.24, 2.45) is 0 Å². The third kappa shape index (κ3) is 7.83. The molecule has 0 saturated carbocycles. The Morgan fingerprint density at radius 1 is 0.833 bits per heavy atom. The molecule has 0 N–H and O–H groups in total. The summed E-state index contributed by atoms with van der Waals surface area (Å²) >= 11 is 0. The molecule has 24 heavy (non-hydrogen) atoms. The molecule has 0 aliphatic heterocycles. The minimum Gasteiger partial charge on any atom is -0.374 e. The van der Waals surface area contributed by atoms with Crippen LogP contribution in [0.2, 0.25) is 6.04 Å². The van der Waals surface area contributed by atoms with E-state index in [9.17, 15) is 0 Å². The zero-order valence-corrected chi connectivity index (χ0v) is 16.8. The molecule has 1 aromatic rings. The highest BCUT2D eigenvalue weighted by atomic mass is 28.4. The summed E-state index contributed by atoms with van der Waals surface area (Å²) in [6.07, 6.45) is 7.13. The molecule has 0 atom stereocenters. The summed E-state index contributed by atoms with van der Waals surface area (Å²) in [5.41, 5.74) is 0. The lowest BCUT2D eigenvalue weighted by atomic mass is 10.1. The van der Waals surface area contributed by atoms with Crippen LogP contribution in [0, 0.1) is 6.92 Å². The first kappa shape index (κ1) is 21.2. The summed E-state index contributed by atoms with van der Waals surface area (Å²) < 4.78 is 19.5. The second-order valence-electron chi connectivity index (χ2n) is 5.80. The van der Waals surface area contributed by atoms with Gasteiger partial charge in [0.15, 0.2) is 0 Å². The number of aromatic nitrogens is 4. The van der Waals surface area contributed by atoms with Gasteiger partial charge in [-0.1, -0.05) is 25.7 Å². The Labute approximate surface area is 147 Å². The molecule has 0 aliphatic rings. The molecular formula is C16H34N4O3Si. The monoisotopic (exact) mass is 358 g/mol. The Kier molecular flexibility index (Phi) is 11.1. The van der Waals surface area contributed by atoms with Crippen LogP contribution in [0.25, 0.3) is 0 Å². The van der Waals surface area contributed by atoms with Gasteiger partial charge in [0, 0.05) is 32.4 Å². The Morgan fingerprint density at radius 3 is 1.88 bits per heavy atom. The van der Waals surface area contributed by atoms with Crippen molar-refractivity contribution >= 4 is 8.80 Å². The number of unbranched alkanes of at least 4 members (excludes halogenated alkanes) is 5. The molecule has 0 radical (unpaired) electrons. The van der Waals surface area contributed by atoms with Crippen LogP contribution >= 0.6 is 0 Å². The van der Waals surface area contributed by atoms with Gasteiger partial charge < -0.3 is 13.3 Å². The topological polar surface area (TPSA) is 71.3 Å². The average molecular weight is 359 g/mol. The maximum Gasteiger partial charge on any atom is 0.500 e. The molecule has 0 saturated heterocycles. The second-order valence-corrected chi connectivity index (χ2v) is 8.53. The quantitative estimate of drug-likeness (QED) is 0.353. The largest absolute Gasteiger partial charge is 0.500 e. The fraction of sp³-hybridized carbons (Fsp3) is 0.938. The first-order valence-electron chi connectivity index (χ1n) is 9.32. The molecule has 0 fully saturated rings. The maximum atomic E-state index is 5.88. The minimum absolute atomic E-state index is 0.656. The van der Waals surface area contributed by atoms with E-state index in [1.54, 1.807) is 0 Å². The van der Waals surface area contributed by atoms with Crippen LogP contribution in [0.15, 0.2) is 0 Å². The number of tetrazole rings is 1. The number of nitrogens with zero attached hydrogens (tertiary/aromatic N) is 4.